The molecule has 4 rings (SSSR count). The monoisotopic (exact) mass is 374 g/mol. The second kappa shape index (κ2) is 7.11. The minimum absolute atomic E-state index is 0.0806. The zero-order chi connectivity index (χ0) is 19.7. The number of fused-ring (bicyclic) bond motifs is 1. The van der Waals surface area contributed by atoms with E-state index in [9.17, 15) is 14.9 Å². The van der Waals surface area contributed by atoms with E-state index in [1.807, 2.05) is 35.2 Å². The number of carbonyl (C=O) groups is 1. The number of pyridine rings is 1. The fraction of sp³-hybridized carbons (Fsp3) is 0.143. The van der Waals surface area contributed by atoms with E-state index in [1.165, 1.54) is 6.07 Å². The first-order chi connectivity index (χ1) is 13.5. The molecule has 1 aliphatic heterocycles. The van der Waals surface area contributed by atoms with Crippen LogP contribution in [0.25, 0.3) is 11.3 Å². The first-order valence-electron chi connectivity index (χ1n) is 8.88. The molecule has 0 unspecified atom stereocenters. The maximum atomic E-state index is 12.1. The largest absolute Gasteiger partial charge is 0.368 e. The standard InChI is InChI=1S/C21H18N4O3/c22-21(26)18-12-15-8-4-5-9-16(15)13-24(18)19-11-10-17(25(27)28)20(23-19)14-6-2-1-3-7-14/h1-11,18H,12-13H2,(H2,22,26)/t18-/m0/s1. The van der Waals surface area contributed by atoms with Crippen LogP contribution < -0.4 is 10.6 Å². The maximum absolute atomic E-state index is 12.1. The van der Waals surface area contributed by atoms with E-state index in [1.54, 1.807) is 30.3 Å². The SMILES string of the molecule is NC(=O)[C@@H]1Cc2ccccc2CN1c1ccc([N+](=O)[O-])c(-c2ccccc2)n1. The minimum atomic E-state index is -0.563. The minimum Gasteiger partial charge on any atom is -0.368 e. The van der Waals surface area contributed by atoms with E-state index in [-0.39, 0.29) is 11.4 Å². The third-order valence-electron chi connectivity index (χ3n) is 4.97. The summed E-state index contributed by atoms with van der Waals surface area (Å²) >= 11 is 0. The summed E-state index contributed by atoms with van der Waals surface area (Å²) in [5, 5.41) is 11.5. The van der Waals surface area contributed by atoms with Gasteiger partial charge in [-0.1, -0.05) is 54.6 Å². The van der Waals surface area contributed by atoms with Crippen molar-refractivity contribution in [1.82, 2.24) is 4.98 Å². The van der Waals surface area contributed by atoms with E-state index in [0.29, 0.717) is 24.3 Å². The van der Waals surface area contributed by atoms with Crippen LogP contribution in [0.5, 0.6) is 0 Å². The maximum Gasteiger partial charge on any atom is 0.295 e. The molecular formula is C21H18N4O3. The smallest absolute Gasteiger partial charge is 0.295 e. The highest BCUT2D eigenvalue weighted by Gasteiger charge is 2.32. The van der Waals surface area contributed by atoms with Crippen LogP contribution in [0.3, 0.4) is 0 Å². The second-order valence-electron chi connectivity index (χ2n) is 6.68. The first kappa shape index (κ1) is 17.7. The topological polar surface area (TPSA) is 102 Å². The molecule has 2 N–H and O–H groups in total. The zero-order valence-electron chi connectivity index (χ0n) is 15.0. The Morgan fingerprint density at radius 2 is 1.71 bits per heavy atom. The number of nitro groups is 1. The lowest BCUT2D eigenvalue weighted by molar-refractivity contribution is -0.384. The van der Waals surface area contributed by atoms with Gasteiger partial charge >= 0.3 is 0 Å². The fourth-order valence-electron chi connectivity index (χ4n) is 3.58. The molecule has 0 aliphatic carbocycles. The highest BCUT2D eigenvalue weighted by Crippen LogP contribution is 2.33. The van der Waals surface area contributed by atoms with E-state index in [4.69, 9.17) is 5.73 Å². The van der Waals surface area contributed by atoms with Gasteiger partial charge in [0.05, 0.1) is 4.92 Å². The van der Waals surface area contributed by atoms with Gasteiger partial charge in [-0.2, -0.15) is 0 Å². The highest BCUT2D eigenvalue weighted by atomic mass is 16.6. The van der Waals surface area contributed by atoms with E-state index in [2.05, 4.69) is 4.98 Å². The summed E-state index contributed by atoms with van der Waals surface area (Å²) in [5.74, 6) is 0.0404. The van der Waals surface area contributed by atoms with Crippen molar-refractivity contribution in [2.75, 3.05) is 4.90 Å². The Labute approximate surface area is 161 Å². The number of rotatable bonds is 4. The average Bonchev–Trinajstić information content (AvgIpc) is 2.73. The molecule has 0 spiro atoms. The molecule has 7 nitrogen and oxygen atoms in total. The van der Waals surface area contributed by atoms with E-state index >= 15 is 0 Å². The number of carbonyl (C=O) groups excluding carboxylic acids is 1. The summed E-state index contributed by atoms with van der Waals surface area (Å²) in [6.07, 6.45) is 0.477. The summed E-state index contributed by atoms with van der Waals surface area (Å²) in [7, 11) is 0. The first-order valence-corrected chi connectivity index (χ1v) is 8.88. The quantitative estimate of drug-likeness (QED) is 0.558. The number of primary amides is 1. The van der Waals surface area contributed by atoms with Crippen LogP contribution in [0, 0.1) is 10.1 Å². The summed E-state index contributed by atoms with van der Waals surface area (Å²) < 4.78 is 0. The molecule has 0 saturated carbocycles. The van der Waals surface area contributed by atoms with Crippen molar-refractivity contribution in [3.05, 3.63) is 88.0 Å². The third kappa shape index (κ3) is 3.18. The van der Waals surface area contributed by atoms with Crippen LogP contribution in [0.15, 0.2) is 66.7 Å². The molecule has 3 aromatic rings. The molecule has 0 saturated heterocycles. The van der Waals surface area contributed by atoms with Crippen LogP contribution in [-0.4, -0.2) is 21.9 Å². The lowest BCUT2D eigenvalue weighted by Gasteiger charge is -2.36. The van der Waals surface area contributed by atoms with Crippen LogP contribution in [0.4, 0.5) is 11.5 Å². The predicted octanol–water partition coefficient (Wildman–Crippen LogP) is 3.07. The number of aromatic nitrogens is 1. The molecule has 1 aromatic heterocycles. The molecule has 140 valence electrons. The lowest BCUT2D eigenvalue weighted by Crippen LogP contribution is -2.49. The number of amides is 1. The molecule has 7 heteroatoms. The van der Waals surface area contributed by atoms with Gasteiger partial charge in [-0.3, -0.25) is 14.9 Å². The summed E-state index contributed by atoms with van der Waals surface area (Å²) in [4.78, 5) is 29.6. The number of hydrogen-bond donors (Lipinski definition) is 1. The molecule has 0 fully saturated rings. The van der Waals surface area contributed by atoms with E-state index in [0.717, 1.165) is 11.1 Å². The second-order valence-corrected chi connectivity index (χ2v) is 6.68. The number of nitrogens with zero attached hydrogens (tertiary/aromatic N) is 3. The van der Waals surface area contributed by atoms with Gasteiger partial charge in [-0.25, -0.2) is 4.98 Å². The number of benzene rings is 2. The van der Waals surface area contributed by atoms with Crippen molar-refractivity contribution in [3.8, 4) is 11.3 Å². The number of nitrogens with two attached hydrogens (primary N) is 1. The zero-order valence-corrected chi connectivity index (χ0v) is 15.0. The van der Waals surface area contributed by atoms with Crippen molar-refractivity contribution in [2.24, 2.45) is 5.73 Å². The molecule has 1 aliphatic rings. The van der Waals surface area contributed by atoms with Crippen LogP contribution in [0.2, 0.25) is 0 Å². The van der Waals surface area contributed by atoms with Gasteiger partial charge in [0.2, 0.25) is 5.91 Å². The van der Waals surface area contributed by atoms with Gasteiger partial charge in [-0.05, 0) is 17.2 Å². The third-order valence-corrected chi connectivity index (χ3v) is 4.97. The van der Waals surface area contributed by atoms with Crippen molar-refractivity contribution in [2.45, 2.75) is 19.0 Å². The molecular weight excluding hydrogens is 356 g/mol. The Kier molecular flexibility index (Phi) is 4.49. The molecule has 0 bridgehead atoms. The Morgan fingerprint density at radius 3 is 2.39 bits per heavy atom. The number of anilines is 1. The molecule has 1 amide bonds. The Morgan fingerprint density at radius 1 is 1.04 bits per heavy atom. The summed E-state index contributed by atoms with van der Waals surface area (Å²) in [6.45, 7) is 0.461. The van der Waals surface area contributed by atoms with Gasteiger partial charge in [-0.15, -0.1) is 0 Å². The predicted molar refractivity (Wildman–Crippen MR) is 106 cm³/mol. The van der Waals surface area contributed by atoms with Crippen molar-refractivity contribution in [3.63, 3.8) is 0 Å². The molecule has 1 atom stereocenters. The normalized spacial score (nSPS) is 15.7. The van der Waals surface area contributed by atoms with Crippen LogP contribution in [-0.2, 0) is 17.8 Å². The molecule has 2 aromatic carbocycles. The van der Waals surface area contributed by atoms with Gasteiger partial charge in [0.1, 0.15) is 11.9 Å². The van der Waals surface area contributed by atoms with Gasteiger partial charge in [0.25, 0.3) is 5.69 Å². The highest BCUT2D eigenvalue weighted by molar-refractivity contribution is 5.85. The lowest BCUT2D eigenvalue weighted by atomic mass is 9.93. The Balaban J connectivity index is 1.82. The van der Waals surface area contributed by atoms with Crippen LogP contribution in [0.1, 0.15) is 11.1 Å². The number of hydrogen-bond acceptors (Lipinski definition) is 5. The molecule has 2 heterocycles. The molecule has 0 radical (unpaired) electrons. The van der Waals surface area contributed by atoms with E-state index < -0.39 is 16.9 Å². The van der Waals surface area contributed by atoms with Gasteiger partial charge in [0, 0.05) is 24.6 Å². The molecule has 28 heavy (non-hydrogen) atoms. The van der Waals surface area contributed by atoms with Crippen molar-refractivity contribution >= 4 is 17.4 Å². The Bertz CT molecular complexity index is 1050. The van der Waals surface area contributed by atoms with Crippen LogP contribution >= 0.6 is 0 Å². The van der Waals surface area contributed by atoms with Crippen molar-refractivity contribution in [1.29, 1.82) is 0 Å². The van der Waals surface area contributed by atoms with Gasteiger partial charge < -0.3 is 10.6 Å². The average molecular weight is 374 g/mol. The fourth-order valence-corrected chi connectivity index (χ4v) is 3.58. The Hall–Kier alpha value is -3.74. The summed E-state index contributed by atoms with van der Waals surface area (Å²) in [5.41, 5.74) is 8.65. The summed E-state index contributed by atoms with van der Waals surface area (Å²) in [6, 6.07) is 19.3. The van der Waals surface area contributed by atoms with Crippen molar-refractivity contribution < 1.29 is 9.72 Å². The van der Waals surface area contributed by atoms with Gasteiger partial charge in [0.15, 0.2) is 5.69 Å².